The van der Waals surface area contributed by atoms with Crippen LogP contribution in [0.3, 0.4) is 0 Å². The van der Waals surface area contributed by atoms with Crippen molar-refractivity contribution in [1.82, 2.24) is 29.4 Å². The van der Waals surface area contributed by atoms with Gasteiger partial charge in [0.1, 0.15) is 23.6 Å². The average Bonchev–Trinajstić information content (AvgIpc) is 3.32. The molecule has 3 N–H and O–H groups in total. The van der Waals surface area contributed by atoms with Gasteiger partial charge in [-0.1, -0.05) is 11.6 Å². The maximum absolute atomic E-state index is 13.2. The smallest absolute Gasteiger partial charge is 0.393 e. The molecule has 0 bridgehead atoms. The zero-order chi connectivity index (χ0) is 29.6. The summed E-state index contributed by atoms with van der Waals surface area (Å²) >= 11 is 5.85. The largest absolute Gasteiger partial charge is 0.417 e. The van der Waals surface area contributed by atoms with Crippen LogP contribution >= 0.6 is 11.6 Å². The Hall–Kier alpha value is -2.89. The molecule has 2 aliphatic rings. The number of hydrogen-bond donors (Lipinski definition) is 3. The summed E-state index contributed by atoms with van der Waals surface area (Å²) in [5, 5.41) is 15.2. The average molecular weight is 604 g/mol. The number of aliphatic hydroxyl groups is 1. The van der Waals surface area contributed by atoms with Crippen molar-refractivity contribution in [3.05, 3.63) is 47.1 Å². The Morgan fingerprint density at radius 3 is 2.74 bits per heavy atom. The fraction of sp³-hybridized carbons (Fsp3) is 0.567. The van der Waals surface area contributed by atoms with Crippen LogP contribution < -0.4 is 5.32 Å². The molecule has 0 aliphatic heterocycles. The van der Waals surface area contributed by atoms with E-state index in [1.807, 2.05) is 0 Å². The summed E-state index contributed by atoms with van der Waals surface area (Å²) in [4.78, 5) is 18.9. The molecule has 0 radical (unpaired) electrons. The number of unbranched alkanes of at least 4 members (excludes halogenated alkanes) is 1. The number of nitrogens with zero attached hydrogens (tertiary/aromatic N) is 5. The number of H-pyrrole nitrogens is 1. The first-order chi connectivity index (χ1) is 20.1. The predicted octanol–water partition coefficient (Wildman–Crippen LogP) is 6.60. The van der Waals surface area contributed by atoms with Gasteiger partial charge < -0.3 is 24.9 Å². The number of benzene rings is 1. The minimum Gasteiger partial charge on any atom is -0.393 e. The Balaban J connectivity index is 1.04. The topological polar surface area (TPSA) is 94.9 Å². The van der Waals surface area contributed by atoms with Crippen molar-refractivity contribution in [2.75, 3.05) is 18.4 Å². The predicted molar refractivity (Wildman–Crippen MR) is 158 cm³/mol. The molecule has 2 aliphatic carbocycles. The first-order valence-electron chi connectivity index (χ1n) is 14.8. The zero-order valence-corrected chi connectivity index (χ0v) is 24.6. The summed E-state index contributed by atoms with van der Waals surface area (Å²) < 4.78 is 41.8. The van der Waals surface area contributed by atoms with Gasteiger partial charge in [0.15, 0.2) is 0 Å². The van der Waals surface area contributed by atoms with E-state index in [1.54, 1.807) is 6.33 Å². The Kier molecular flexibility index (Phi) is 8.10. The minimum atomic E-state index is -4.51. The van der Waals surface area contributed by atoms with E-state index in [0.717, 1.165) is 55.3 Å². The van der Waals surface area contributed by atoms with E-state index in [1.165, 1.54) is 18.9 Å². The van der Waals surface area contributed by atoms with Crippen LogP contribution in [0.15, 0.2) is 30.7 Å². The van der Waals surface area contributed by atoms with Gasteiger partial charge in [0.25, 0.3) is 0 Å². The molecule has 0 unspecified atom stereocenters. The van der Waals surface area contributed by atoms with Crippen molar-refractivity contribution in [3.8, 4) is 0 Å². The van der Waals surface area contributed by atoms with Crippen LogP contribution in [0.25, 0.3) is 22.1 Å². The second-order valence-corrected chi connectivity index (χ2v) is 12.5. The molecular weight excluding hydrogens is 567 g/mol. The fourth-order valence-electron chi connectivity index (χ4n) is 6.19. The standard InChI is InChI=1S/C30H37ClF3N7O/c1-17(2)40(9-4-3-5-27-38-24-13-22(30(32,33)34)23(31)14-25(24)39-27)15-18-11-20(12-26(18)42)41-10-8-21-28(37-19-6-7-19)35-16-36-29(21)41/h8,10,13-14,16-20,26,42H,3-7,9,11-12,15H2,1-2H3,(H,38,39)(H,35,36,37)/t18-,20-,26+/m1/s1. The van der Waals surface area contributed by atoms with E-state index >= 15 is 0 Å². The molecule has 3 heterocycles. The number of hydrogen-bond acceptors (Lipinski definition) is 6. The van der Waals surface area contributed by atoms with Gasteiger partial charge in [0, 0.05) is 37.3 Å². The quantitative estimate of drug-likeness (QED) is 0.167. The SMILES string of the molecule is CC(C)N(CCCCc1nc2cc(Cl)c(C(F)(F)F)cc2[nH]1)C[C@H]1C[C@@H](n2ccc3c(NC4CC4)ncnc32)C[C@@H]1O. The lowest BCUT2D eigenvalue weighted by molar-refractivity contribution is -0.137. The number of aryl methyl sites for hydroxylation is 1. The van der Waals surface area contributed by atoms with Gasteiger partial charge in [0.2, 0.25) is 0 Å². The van der Waals surface area contributed by atoms with Crippen molar-refractivity contribution < 1.29 is 18.3 Å². The monoisotopic (exact) mass is 603 g/mol. The minimum absolute atomic E-state index is 0.156. The van der Waals surface area contributed by atoms with E-state index in [9.17, 15) is 18.3 Å². The molecule has 0 spiro atoms. The van der Waals surface area contributed by atoms with Crippen molar-refractivity contribution in [3.63, 3.8) is 0 Å². The van der Waals surface area contributed by atoms with Gasteiger partial charge in [-0.2, -0.15) is 13.2 Å². The van der Waals surface area contributed by atoms with Crippen LogP contribution in [0.5, 0.6) is 0 Å². The third-order valence-corrected chi connectivity index (χ3v) is 9.00. The number of alkyl halides is 3. The normalized spacial score (nSPS) is 21.4. The first kappa shape index (κ1) is 29.2. The highest BCUT2D eigenvalue weighted by Crippen LogP contribution is 2.39. The summed E-state index contributed by atoms with van der Waals surface area (Å²) in [6, 6.07) is 5.39. The highest BCUT2D eigenvalue weighted by molar-refractivity contribution is 6.32. The second kappa shape index (κ2) is 11.7. The Morgan fingerprint density at radius 1 is 1.19 bits per heavy atom. The second-order valence-electron chi connectivity index (χ2n) is 12.1. The third kappa shape index (κ3) is 6.23. The van der Waals surface area contributed by atoms with Crippen LogP contribution in [0.1, 0.15) is 69.8 Å². The van der Waals surface area contributed by atoms with Crippen LogP contribution in [0.4, 0.5) is 19.0 Å². The number of nitrogens with one attached hydrogen (secondary N) is 2. The summed E-state index contributed by atoms with van der Waals surface area (Å²) in [6.45, 7) is 6.02. The number of aliphatic hydroxyl groups excluding tert-OH is 1. The van der Waals surface area contributed by atoms with Gasteiger partial charge in [0.05, 0.1) is 33.1 Å². The highest BCUT2D eigenvalue weighted by atomic mass is 35.5. The van der Waals surface area contributed by atoms with Gasteiger partial charge >= 0.3 is 6.18 Å². The molecule has 42 heavy (non-hydrogen) atoms. The molecule has 8 nitrogen and oxygen atoms in total. The van der Waals surface area contributed by atoms with Gasteiger partial charge in [-0.05, 0) is 83.0 Å². The molecule has 2 fully saturated rings. The van der Waals surface area contributed by atoms with Gasteiger partial charge in [-0.3, -0.25) is 0 Å². The molecule has 226 valence electrons. The number of halogens is 4. The number of imidazole rings is 1. The Labute approximate surface area is 247 Å². The molecule has 0 amide bonds. The first-order valence-corrected chi connectivity index (χ1v) is 15.2. The number of rotatable bonds is 11. The maximum Gasteiger partial charge on any atom is 0.417 e. The summed E-state index contributed by atoms with van der Waals surface area (Å²) in [7, 11) is 0. The van der Waals surface area contributed by atoms with Crippen LogP contribution in [-0.4, -0.2) is 65.8 Å². The van der Waals surface area contributed by atoms with E-state index in [2.05, 4.69) is 60.8 Å². The Bertz CT molecular complexity index is 1550. The third-order valence-electron chi connectivity index (χ3n) is 8.69. The lowest BCUT2D eigenvalue weighted by Gasteiger charge is -2.30. The van der Waals surface area contributed by atoms with Gasteiger partial charge in [-0.25, -0.2) is 15.0 Å². The van der Waals surface area contributed by atoms with E-state index < -0.39 is 11.7 Å². The van der Waals surface area contributed by atoms with Crippen molar-refractivity contribution in [2.45, 2.75) is 89.2 Å². The zero-order valence-electron chi connectivity index (χ0n) is 23.8. The lowest BCUT2D eigenvalue weighted by Crippen LogP contribution is -2.38. The maximum atomic E-state index is 13.2. The van der Waals surface area contributed by atoms with E-state index in [0.29, 0.717) is 41.8 Å². The number of aromatic nitrogens is 5. The van der Waals surface area contributed by atoms with E-state index in [4.69, 9.17) is 11.6 Å². The lowest BCUT2D eigenvalue weighted by atomic mass is 10.0. The summed E-state index contributed by atoms with van der Waals surface area (Å²) in [5.41, 5.74) is 0.833. The molecule has 1 aromatic carbocycles. The van der Waals surface area contributed by atoms with Gasteiger partial charge in [-0.15, -0.1) is 0 Å². The van der Waals surface area contributed by atoms with Crippen LogP contribution in [0, 0.1) is 5.92 Å². The molecule has 3 aromatic heterocycles. The molecule has 12 heteroatoms. The van der Waals surface area contributed by atoms with Crippen molar-refractivity contribution in [2.24, 2.45) is 5.92 Å². The molecule has 2 saturated carbocycles. The molecule has 0 saturated heterocycles. The molecule has 3 atom stereocenters. The van der Waals surface area contributed by atoms with Crippen LogP contribution in [0.2, 0.25) is 5.02 Å². The molecule has 6 rings (SSSR count). The molecule has 4 aromatic rings. The van der Waals surface area contributed by atoms with Crippen molar-refractivity contribution >= 4 is 39.5 Å². The number of aromatic amines is 1. The van der Waals surface area contributed by atoms with Crippen LogP contribution in [-0.2, 0) is 12.6 Å². The highest BCUT2D eigenvalue weighted by Gasteiger charge is 2.36. The number of anilines is 1. The summed E-state index contributed by atoms with van der Waals surface area (Å²) in [6.07, 6.45) is 5.11. The fourth-order valence-corrected chi connectivity index (χ4v) is 6.45. The van der Waals surface area contributed by atoms with Crippen molar-refractivity contribution in [1.29, 1.82) is 0 Å². The Morgan fingerprint density at radius 2 is 2.00 bits per heavy atom. The van der Waals surface area contributed by atoms with E-state index in [-0.39, 0.29) is 23.1 Å². The number of fused-ring (bicyclic) bond motifs is 2. The summed E-state index contributed by atoms with van der Waals surface area (Å²) in [5.74, 6) is 1.70. The molecular formula is C30H37ClF3N7O.